The number of halogens is 4. The molecule has 2 saturated heterocycles. The van der Waals surface area contributed by atoms with Gasteiger partial charge < -0.3 is 14.9 Å². The Morgan fingerprint density at radius 1 is 1.00 bits per heavy atom. The van der Waals surface area contributed by atoms with Crippen LogP contribution in [0, 0.1) is 0 Å². The summed E-state index contributed by atoms with van der Waals surface area (Å²) in [6.07, 6.45) is -5.25. The highest BCUT2D eigenvalue weighted by molar-refractivity contribution is 6.30. The number of aliphatic hydroxyl groups excluding tert-OH is 1. The maximum atomic E-state index is 13.7. The van der Waals surface area contributed by atoms with E-state index in [1.807, 2.05) is 0 Å². The second-order valence-corrected chi connectivity index (χ2v) is 9.35. The van der Waals surface area contributed by atoms with Crippen molar-refractivity contribution in [3.05, 3.63) is 70.7 Å². The third-order valence-electron chi connectivity index (χ3n) is 6.75. The summed E-state index contributed by atoms with van der Waals surface area (Å²) >= 11 is 5.90. The van der Waals surface area contributed by atoms with Crippen LogP contribution in [0.2, 0.25) is 5.02 Å². The summed E-state index contributed by atoms with van der Waals surface area (Å²) in [7, 11) is 0. The average molecular weight is 505 g/mol. The second kappa shape index (κ2) is 9.29. The predicted molar refractivity (Wildman–Crippen MR) is 128 cm³/mol. The van der Waals surface area contributed by atoms with E-state index in [1.54, 1.807) is 52.3 Å². The Morgan fingerprint density at radius 3 is 2.37 bits per heavy atom. The van der Waals surface area contributed by atoms with Crippen LogP contribution in [0.5, 0.6) is 0 Å². The Balaban J connectivity index is 1.28. The SMILES string of the molecule is O=C(c1ccc(Cl)cc1)N1CCN(C2CN(c3cc(C(F)(F)F)c4ccccc4n3)CC2O)CC1. The number of para-hydroxylation sites is 1. The summed E-state index contributed by atoms with van der Waals surface area (Å²) in [6, 6.07) is 13.8. The number of anilines is 1. The highest BCUT2D eigenvalue weighted by Crippen LogP contribution is 2.37. The van der Waals surface area contributed by atoms with E-state index in [0.717, 1.165) is 6.07 Å². The number of hydrogen-bond donors (Lipinski definition) is 1. The first-order valence-corrected chi connectivity index (χ1v) is 11.8. The molecule has 3 aromatic rings. The van der Waals surface area contributed by atoms with Gasteiger partial charge in [0.05, 0.1) is 23.2 Å². The van der Waals surface area contributed by atoms with E-state index in [2.05, 4.69) is 9.88 Å². The first-order chi connectivity index (χ1) is 16.7. The van der Waals surface area contributed by atoms with Gasteiger partial charge in [0.1, 0.15) is 5.82 Å². The normalized spacial score (nSPS) is 21.6. The number of hydrogen-bond acceptors (Lipinski definition) is 5. The number of alkyl halides is 3. The molecule has 2 aliphatic heterocycles. The molecule has 2 unspecified atom stereocenters. The Kier molecular flexibility index (Phi) is 6.33. The molecule has 1 N–H and O–H groups in total. The fraction of sp³-hybridized carbons (Fsp3) is 0.360. The Morgan fingerprint density at radius 2 is 1.69 bits per heavy atom. The van der Waals surface area contributed by atoms with Gasteiger partial charge in [-0.15, -0.1) is 0 Å². The molecule has 0 bridgehead atoms. The molecule has 0 saturated carbocycles. The van der Waals surface area contributed by atoms with Gasteiger partial charge in [-0.05, 0) is 36.4 Å². The molecule has 6 nitrogen and oxygen atoms in total. The molecular formula is C25H24ClF3N4O2. The number of benzene rings is 2. The van der Waals surface area contributed by atoms with Gasteiger partial charge in [-0.2, -0.15) is 13.2 Å². The summed E-state index contributed by atoms with van der Waals surface area (Å²) < 4.78 is 41.2. The summed E-state index contributed by atoms with van der Waals surface area (Å²) in [5.41, 5.74) is 0.104. The lowest BCUT2D eigenvalue weighted by Gasteiger charge is -2.38. The molecule has 184 valence electrons. The topological polar surface area (TPSA) is 59.9 Å². The number of carbonyl (C=O) groups is 1. The molecule has 2 atom stereocenters. The van der Waals surface area contributed by atoms with Gasteiger partial charge in [0.2, 0.25) is 0 Å². The molecule has 0 aliphatic carbocycles. The van der Waals surface area contributed by atoms with E-state index in [4.69, 9.17) is 11.6 Å². The lowest BCUT2D eigenvalue weighted by molar-refractivity contribution is -0.136. The van der Waals surface area contributed by atoms with E-state index in [1.165, 1.54) is 6.07 Å². The first-order valence-electron chi connectivity index (χ1n) is 11.4. The van der Waals surface area contributed by atoms with Crippen molar-refractivity contribution in [3.8, 4) is 0 Å². The second-order valence-electron chi connectivity index (χ2n) is 8.92. The molecule has 1 amide bonds. The summed E-state index contributed by atoms with van der Waals surface area (Å²) in [5.74, 6) is 0.129. The molecule has 2 fully saturated rings. The molecule has 2 aliphatic rings. The third-order valence-corrected chi connectivity index (χ3v) is 7.00. The molecule has 1 aromatic heterocycles. The van der Waals surface area contributed by atoms with Gasteiger partial charge >= 0.3 is 6.18 Å². The molecule has 0 spiro atoms. The monoisotopic (exact) mass is 504 g/mol. The van der Waals surface area contributed by atoms with E-state index < -0.39 is 17.8 Å². The standard InChI is InChI=1S/C25H24ClF3N4O2/c26-17-7-5-16(6-8-17)24(35)32-11-9-31(10-12-32)21-14-33(15-22(21)34)23-13-19(25(27,28)29)18-3-1-2-4-20(18)30-23/h1-8,13,21-22,34H,9-12,14-15H2. The molecule has 5 rings (SSSR count). The zero-order valence-corrected chi connectivity index (χ0v) is 19.5. The maximum Gasteiger partial charge on any atom is 0.417 e. The van der Waals surface area contributed by atoms with Crippen molar-refractivity contribution in [2.75, 3.05) is 44.2 Å². The number of pyridine rings is 1. The number of aromatic nitrogens is 1. The van der Waals surface area contributed by atoms with Crippen molar-refractivity contribution in [1.29, 1.82) is 0 Å². The van der Waals surface area contributed by atoms with Crippen LogP contribution in [0.3, 0.4) is 0 Å². The quantitative estimate of drug-likeness (QED) is 0.586. The van der Waals surface area contributed by atoms with Gasteiger partial charge in [-0.3, -0.25) is 9.69 Å². The number of piperazine rings is 1. The minimum absolute atomic E-state index is 0.0570. The maximum absolute atomic E-state index is 13.7. The Bertz CT molecular complexity index is 1230. The van der Waals surface area contributed by atoms with Crippen molar-refractivity contribution < 1.29 is 23.1 Å². The van der Waals surface area contributed by atoms with Gasteiger partial charge in [0.15, 0.2) is 0 Å². The van der Waals surface area contributed by atoms with Gasteiger partial charge in [0.25, 0.3) is 5.91 Å². The smallest absolute Gasteiger partial charge is 0.390 e. The van der Waals surface area contributed by atoms with Crippen molar-refractivity contribution in [2.45, 2.75) is 18.3 Å². The molecule has 35 heavy (non-hydrogen) atoms. The zero-order valence-electron chi connectivity index (χ0n) is 18.7. The minimum Gasteiger partial charge on any atom is -0.390 e. The molecule has 3 heterocycles. The van der Waals surface area contributed by atoms with Crippen LogP contribution >= 0.6 is 11.6 Å². The molecular weight excluding hydrogens is 481 g/mol. The number of rotatable bonds is 3. The van der Waals surface area contributed by atoms with Crippen LogP contribution in [0.4, 0.5) is 19.0 Å². The summed E-state index contributed by atoms with van der Waals surface area (Å²) in [6.45, 7) is 2.67. The number of fused-ring (bicyclic) bond motifs is 1. The number of carbonyl (C=O) groups excluding carboxylic acids is 1. The van der Waals surface area contributed by atoms with Crippen LogP contribution in [-0.2, 0) is 6.18 Å². The lowest BCUT2D eigenvalue weighted by Crippen LogP contribution is -2.54. The highest BCUT2D eigenvalue weighted by Gasteiger charge is 2.39. The minimum atomic E-state index is -4.51. The van der Waals surface area contributed by atoms with Crippen molar-refractivity contribution in [2.24, 2.45) is 0 Å². The molecule has 0 radical (unpaired) electrons. The average Bonchev–Trinajstić information content (AvgIpc) is 3.24. The molecule has 2 aromatic carbocycles. The fourth-order valence-corrected chi connectivity index (χ4v) is 5.03. The van der Waals surface area contributed by atoms with Gasteiger partial charge in [0, 0.05) is 55.2 Å². The van der Waals surface area contributed by atoms with Crippen molar-refractivity contribution in [3.63, 3.8) is 0 Å². The van der Waals surface area contributed by atoms with Gasteiger partial charge in [-0.25, -0.2) is 4.98 Å². The number of β-amino-alcohol motifs (C(OH)–C–C–N with tert-alkyl or cyclic N) is 1. The Labute approximate surface area is 205 Å². The van der Waals surface area contributed by atoms with E-state index in [9.17, 15) is 23.1 Å². The van der Waals surface area contributed by atoms with Crippen molar-refractivity contribution >= 4 is 34.2 Å². The van der Waals surface area contributed by atoms with Crippen LogP contribution in [0.25, 0.3) is 10.9 Å². The number of aliphatic hydroxyl groups is 1. The van der Waals surface area contributed by atoms with Crippen LogP contribution in [0.1, 0.15) is 15.9 Å². The number of nitrogens with zero attached hydrogens (tertiary/aromatic N) is 4. The molecule has 10 heteroatoms. The summed E-state index contributed by atoms with van der Waals surface area (Å²) in [5, 5.41) is 11.4. The van der Waals surface area contributed by atoms with Crippen LogP contribution < -0.4 is 4.90 Å². The fourth-order valence-electron chi connectivity index (χ4n) is 4.91. The first kappa shape index (κ1) is 23.8. The Hall–Kier alpha value is -2.88. The number of amides is 1. The van der Waals surface area contributed by atoms with Crippen LogP contribution in [0.15, 0.2) is 54.6 Å². The van der Waals surface area contributed by atoms with E-state index in [-0.39, 0.29) is 35.2 Å². The third kappa shape index (κ3) is 4.80. The highest BCUT2D eigenvalue weighted by atomic mass is 35.5. The zero-order chi connectivity index (χ0) is 24.7. The van der Waals surface area contributed by atoms with E-state index in [0.29, 0.717) is 43.3 Å². The van der Waals surface area contributed by atoms with Crippen LogP contribution in [-0.4, -0.2) is 77.2 Å². The largest absolute Gasteiger partial charge is 0.417 e. The lowest BCUT2D eigenvalue weighted by atomic mass is 10.1. The predicted octanol–water partition coefficient (Wildman–Crippen LogP) is 3.91. The van der Waals surface area contributed by atoms with E-state index >= 15 is 0 Å². The van der Waals surface area contributed by atoms with Gasteiger partial charge in [-0.1, -0.05) is 29.8 Å². The summed E-state index contributed by atoms with van der Waals surface area (Å²) in [4.78, 5) is 22.8. The van der Waals surface area contributed by atoms with Crippen molar-refractivity contribution in [1.82, 2.24) is 14.8 Å².